The molecule has 0 spiro atoms. The van der Waals surface area contributed by atoms with Crippen LogP contribution in [-0.2, 0) is 0 Å². The van der Waals surface area contributed by atoms with Gasteiger partial charge in [-0.3, -0.25) is 4.79 Å². The quantitative estimate of drug-likeness (QED) is 0.818. The van der Waals surface area contributed by atoms with E-state index in [0.29, 0.717) is 18.0 Å². The van der Waals surface area contributed by atoms with Gasteiger partial charge < -0.3 is 5.32 Å². The number of halogens is 3. The summed E-state index contributed by atoms with van der Waals surface area (Å²) in [6, 6.07) is 4.47. The molecule has 1 aromatic carbocycles. The molecule has 1 aliphatic carbocycles. The maximum atomic E-state index is 13.3. The highest BCUT2D eigenvalue weighted by Gasteiger charge is 2.20. The molecular weight excluding hydrogens is 333 g/mol. The lowest BCUT2D eigenvalue weighted by Crippen LogP contribution is -2.31. The van der Waals surface area contributed by atoms with Crippen LogP contribution in [0.4, 0.5) is 4.39 Å². The summed E-state index contributed by atoms with van der Waals surface area (Å²) in [6.45, 7) is 0.630. The fourth-order valence-corrected chi connectivity index (χ4v) is 3.03. The van der Waals surface area contributed by atoms with E-state index in [0.717, 1.165) is 25.7 Å². The lowest BCUT2D eigenvalue weighted by atomic mass is 9.89. The van der Waals surface area contributed by atoms with Crippen molar-refractivity contribution in [2.75, 3.05) is 6.54 Å². The second kappa shape index (κ2) is 6.71. The molecule has 1 aromatic rings. The van der Waals surface area contributed by atoms with Crippen molar-refractivity contribution in [3.63, 3.8) is 0 Å². The fourth-order valence-electron chi connectivity index (χ4n) is 2.34. The molecule has 1 saturated carbocycles. The molecule has 0 unspecified atom stereocenters. The molecular formula is C14H16BrClFNO. The summed E-state index contributed by atoms with van der Waals surface area (Å²) in [6.07, 6.45) is 4.09. The van der Waals surface area contributed by atoms with Crippen LogP contribution in [0.1, 0.15) is 36.0 Å². The van der Waals surface area contributed by atoms with Gasteiger partial charge in [0, 0.05) is 11.9 Å². The van der Waals surface area contributed by atoms with Gasteiger partial charge in [0.05, 0.1) is 10.0 Å². The minimum atomic E-state index is -0.421. The summed E-state index contributed by atoms with van der Waals surface area (Å²) in [5, 5.41) is 3.15. The summed E-state index contributed by atoms with van der Waals surface area (Å²) in [5.74, 6) is -0.180. The molecule has 0 aliphatic heterocycles. The molecule has 19 heavy (non-hydrogen) atoms. The number of alkyl halides is 1. The maximum Gasteiger partial charge on any atom is 0.252 e. The van der Waals surface area contributed by atoms with Gasteiger partial charge in [-0.15, -0.1) is 11.6 Å². The summed E-state index contributed by atoms with van der Waals surface area (Å²) in [5.41, 5.74) is 0.339. The van der Waals surface area contributed by atoms with E-state index < -0.39 is 5.82 Å². The summed E-state index contributed by atoms with van der Waals surface area (Å²) in [4.78, 5) is 12.0. The van der Waals surface area contributed by atoms with Gasteiger partial charge in [0.1, 0.15) is 5.82 Å². The van der Waals surface area contributed by atoms with Crippen LogP contribution >= 0.6 is 27.5 Å². The zero-order chi connectivity index (χ0) is 13.8. The van der Waals surface area contributed by atoms with Crippen LogP contribution in [0.3, 0.4) is 0 Å². The second-order valence-corrected chi connectivity index (χ2v) is 6.34. The molecule has 0 aromatic heterocycles. The van der Waals surface area contributed by atoms with Gasteiger partial charge in [-0.05, 0) is 59.7 Å². The van der Waals surface area contributed by atoms with Gasteiger partial charge in [-0.1, -0.05) is 6.07 Å². The molecule has 0 atom stereocenters. The van der Waals surface area contributed by atoms with E-state index in [2.05, 4.69) is 21.2 Å². The second-order valence-electron chi connectivity index (χ2n) is 4.93. The Morgan fingerprint density at radius 3 is 2.74 bits per heavy atom. The largest absolute Gasteiger partial charge is 0.352 e. The van der Waals surface area contributed by atoms with Crippen molar-refractivity contribution in [2.45, 2.75) is 31.1 Å². The van der Waals surface area contributed by atoms with Gasteiger partial charge in [0.2, 0.25) is 0 Å². The Morgan fingerprint density at radius 1 is 1.37 bits per heavy atom. The average molecular weight is 349 g/mol. The topological polar surface area (TPSA) is 29.1 Å². The number of amides is 1. The zero-order valence-electron chi connectivity index (χ0n) is 10.5. The molecule has 1 aliphatic rings. The van der Waals surface area contributed by atoms with Gasteiger partial charge in [0.15, 0.2) is 0 Å². The zero-order valence-corrected chi connectivity index (χ0v) is 12.8. The first kappa shape index (κ1) is 14.8. The Morgan fingerprint density at radius 2 is 2.05 bits per heavy atom. The van der Waals surface area contributed by atoms with Crippen LogP contribution in [0.15, 0.2) is 22.7 Å². The molecule has 0 radical (unpaired) electrons. The molecule has 2 rings (SSSR count). The minimum absolute atomic E-state index is 0.219. The molecule has 1 fully saturated rings. The number of carbonyl (C=O) groups excluding carboxylic acids is 1. The standard InChI is InChI=1S/C14H16BrClFNO/c15-13-11(2-1-3-12(13)17)14(19)18-8-9-4-6-10(16)7-5-9/h1-3,9-10H,4-8H2,(H,18,19). The third-order valence-electron chi connectivity index (χ3n) is 3.52. The minimum Gasteiger partial charge on any atom is -0.352 e. The van der Waals surface area contributed by atoms with Crippen molar-refractivity contribution < 1.29 is 9.18 Å². The van der Waals surface area contributed by atoms with Gasteiger partial charge in [-0.2, -0.15) is 0 Å². The average Bonchev–Trinajstić information content (AvgIpc) is 2.41. The van der Waals surface area contributed by atoms with E-state index in [4.69, 9.17) is 11.6 Å². The number of nitrogens with one attached hydrogen (secondary N) is 1. The van der Waals surface area contributed by atoms with Crippen molar-refractivity contribution in [2.24, 2.45) is 5.92 Å². The first-order chi connectivity index (χ1) is 9.08. The monoisotopic (exact) mass is 347 g/mol. The van der Waals surface area contributed by atoms with Crippen LogP contribution < -0.4 is 5.32 Å². The van der Waals surface area contributed by atoms with Gasteiger partial charge in [-0.25, -0.2) is 4.39 Å². The van der Waals surface area contributed by atoms with Crippen LogP contribution in [-0.4, -0.2) is 17.8 Å². The van der Waals surface area contributed by atoms with Crippen molar-refractivity contribution >= 4 is 33.4 Å². The summed E-state index contributed by atoms with van der Waals surface area (Å²) >= 11 is 9.14. The summed E-state index contributed by atoms with van der Waals surface area (Å²) in [7, 11) is 0. The SMILES string of the molecule is O=C(NCC1CCC(Cl)CC1)c1cccc(F)c1Br. The number of carbonyl (C=O) groups is 1. The summed E-state index contributed by atoms with van der Waals surface area (Å²) < 4.78 is 13.6. The van der Waals surface area contributed by atoms with E-state index in [1.165, 1.54) is 12.1 Å². The third-order valence-corrected chi connectivity index (χ3v) is 4.77. The van der Waals surface area contributed by atoms with Crippen LogP contribution in [0.2, 0.25) is 0 Å². The van der Waals surface area contributed by atoms with Gasteiger partial charge in [0.25, 0.3) is 5.91 Å². The Bertz CT molecular complexity index is 461. The first-order valence-electron chi connectivity index (χ1n) is 6.44. The molecule has 1 amide bonds. The number of benzene rings is 1. The first-order valence-corrected chi connectivity index (χ1v) is 7.67. The predicted molar refractivity (Wildman–Crippen MR) is 78.0 cm³/mol. The predicted octanol–water partition coefficient (Wildman–Crippen LogP) is 4.12. The number of rotatable bonds is 3. The van der Waals surface area contributed by atoms with Crippen LogP contribution in [0.5, 0.6) is 0 Å². The normalized spacial score (nSPS) is 23.1. The van der Waals surface area contributed by atoms with Crippen molar-refractivity contribution in [3.8, 4) is 0 Å². The highest BCUT2D eigenvalue weighted by Crippen LogP contribution is 2.27. The fraction of sp³-hybridized carbons (Fsp3) is 0.500. The lowest BCUT2D eigenvalue weighted by Gasteiger charge is -2.25. The van der Waals surface area contributed by atoms with E-state index >= 15 is 0 Å². The highest BCUT2D eigenvalue weighted by molar-refractivity contribution is 9.10. The van der Waals surface area contributed by atoms with E-state index in [1.807, 2.05) is 0 Å². The molecule has 0 bridgehead atoms. The van der Waals surface area contributed by atoms with Crippen molar-refractivity contribution in [1.82, 2.24) is 5.32 Å². The van der Waals surface area contributed by atoms with Crippen molar-refractivity contribution in [1.29, 1.82) is 0 Å². The number of hydrogen-bond acceptors (Lipinski definition) is 1. The molecule has 0 saturated heterocycles. The van der Waals surface area contributed by atoms with Crippen LogP contribution in [0, 0.1) is 11.7 Å². The molecule has 2 nitrogen and oxygen atoms in total. The van der Waals surface area contributed by atoms with E-state index in [1.54, 1.807) is 6.07 Å². The van der Waals surface area contributed by atoms with E-state index in [9.17, 15) is 9.18 Å². The highest BCUT2D eigenvalue weighted by atomic mass is 79.9. The van der Waals surface area contributed by atoms with Crippen LogP contribution in [0.25, 0.3) is 0 Å². The third kappa shape index (κ3) is 3.93. The number of hydrogen-bond donors (Lipinski definition) is 1. The molecule has 1 N–H and O–H groups in total. The molecule has 104 valence electrons. The Balaban J connectivity index is 1.89. The van der Waals surface area contributed by atoms with E-state index in [-0.39, 0.29) is 15.8 Å². The Kier molecular flexibility index (Phi) is 5.22. The molecule has 5 heteroatoms. The Hall–Kier alpha value is -0.610. The lowest BCUT2D eigenvalue weighted by molar-refractivity contribution is 0.0942. The maximum absolute atomic E-state index is 13.3. The Labute approximate surface area is 125 Å². The molecule has 0 heterocycles. The van der Waals surface area contributed by atoms with Gasteiger partial charge >= 0.3 is 0 Å². The smallest absolute Gasteiger partial charge is 0.252 e. The van der Waals surface area contributed by atoms with Crippen molar-refractivity contribution in [3.05, 3.63) is 34.1 Å².